The minimum atomic E-state index is -4.74. The smallest absolute Gasteiger partial charge is 0.436 e. The van der Waals surface area contributed by atoms with Crippen LogP contribution in [0.15, 0.2) is 36.8 Å². The topological polar surface area (TPSA) is 98.3 Å². The molecule has 0 aliphatic rings. The van der Waals surface area contributed by atoms with E-state index in [0.29, 0.717) is 22.4 Å². The van der Waals surface area contributed by atoms with Crippen LogP contribution < -0.4 is 14.8 Å². The largest absolute Gasteiger partial charge is 0.452 e. The number of rotatable bonds is 8. The average molecular weight is 469 g/mol. The van der Waals surface area contributed by atoms with Crippen LogP contribution >= 0.6 is 0 Å². The highest BCUT2D eigenvalue weighted by Crippen LogP contribution is 2.33. The zero-order valence-corrected chi connectivity index (χ0v) is 18.4. The third-order valence-electron chi connectivity index (χ3n) is 4.10. The summed E-state index contributed by atoms with van der Waals surface area (Å²) in [6, 6.07) is 6.48. The SMILES string of the molecule is C=S(C)(=O)Nc1cc(C)c2c(Nc3cccnc3OC(OCC)C(F)(F)F)ncnc2c1. The third-order valence-corrected chi connectivity index (χ3v) is 4.76. The molecule has 1 aromatic carbocycles. The molecule has 3 rings (SSSR count). The number of aromatic nitrogens is 3. The van der Waals surface area contributed by atoms with Crippen LogP contribution in [0.25, 0.3) is 10.9 Å². The number of alkyl halides is 3. The molecule has 32 heavy (non-hydrogen) atoms. The predicted molar refractivity (Wildman–Crippen MR) is 119 cm³/mol. The van der Waals surface area contributed by atoms with Crippen molar-refractivity contribution in [3.05, 3.63) is 42.4 Å². The average Bonchev–Trinajstić information content (AvgIpc) is 2.67. The van der Waals surface area contributed by atoms with Crippen molar-refractivity contribution < 1.29 is 26.9 Å². The first kappa shape index (κ1) is 23.5. The first-order chi connectivity index (χ1) is 15.0. The highest BCUT2D eigenvalue weighted by Gasteiger charge is 2.43. The zero-order valence-electron chi connectivity index (χ0n) is 17.6. The fraction of sp³-hybridized carbons (Fsp3) is 0.300. The lowest BCUT2D eigenvalue weighted by molar-refractivity contribution is -0.281. The van der Waals surface area contributed by atoms with Crippen LogP contribution in [-0.4, -0.2) is 50.4 Å². The lowest BCUT2D eigenvalue weighted by atomic mass is 10.1. The van der Waals surface area contributed by atoms with Crippen LogP contribution in [0.2, 0.25) is 0 Å². The van der Waals surface area contributed by atoms with E-state index in [1.807, 2.05) is 0 Å². The Bertz CT molecular complexity index is 1220. The van der Waals surface area contributed by atoms with Gasteiger partial charge in [-0.2, -0.15) is 13.2 Å². The number of ether oxygens (including phenoxy) is 2. The van der Waals surface area contributed by atoms with Gasteiger partial charge in [0.1, 0.15) is 17.8 Å². The number of anilines is 3. The number of halogens is 3. The molecule has 0 saturated carbocycles. The van der Waals surface area contributed by atoms with E-state index in [9.17, 15) is 17.4 Å². The van der Waals surface area contributed by atoms with Crippen molar-refractivity contribution in [1.29, 1.82) is 0 Å². The maximum absolute atomic E-state index is 13.2. The Morgan fingerprint density at radius 2 is 2.00 bits per heavy atom. The van der Waals surface area contributed by atoms with Gasteiger partial charge in [-0.15, -0.1) is 0 Å². The summed E-state index contributed by atoms with van der Waals surface area (Å²) < 4.78 is 64.2. The van der Waals surface area contributed by atoms with Crippen LogP contribution in [-0.2, 0) is 14.4 Å². The van der Waals surface area contributed by atoms with Crippen molar-refractivity contribution in [1.82, 2.24) is 15.0 Å². The Balaban J connectivity index is 1.98. The fourth-order valence-electron chi connectivity index (χ4n) is 2.95. The minimum absolute atomic E-state index is 0.164. The lowest BCUT2D eigenvalue weighted by Gasteiger charge is -2.22. The molecule has 0 bridgehead atoms. The van der Waals surface area contributed by atoms with Crippen LogP contribution in [0.1, 0.15) is 12.5 Å². The summed E-state index contributed by atoms with van der Waals surface area (Å²) in [4.78, 5) is 12.4. The summed E-state index contributed by atoms with van der Waals surface area (Å²) in [5.41, 5.74) is 2.00. The van der Waals surface area contributed by atoms with E-state index in [4.69, 9.17) is 4.74 Å². The molecule has 0 saturated heterocycles. The van der Waals surface area contributed by atoms with Gasteiger partial charge in [-0.3, -0.25) is 0 Å². The summed E-state index contributed by atoms with van der Waals surface area (Å²) in [5.74, 6) is 3.61. The van der Waals surface area contributed by atoms with E-state index in [1.54, 1.807) is 25.1 Å². The standard InChI is InChI=1S/C20H22F3N5O3S/c1-5-30-19(20(21,22)23)31-18-14(7-6-8-24-18)27-17-16-12(2)9-13(28-32(3,4)29)10-15(16)25-11-26-17/h6-11,19H,3,5H2,1-2,4H3,(H,28,29)(H,25,26,27). The van der Waals surface area contributed by atoms with E-state index in [1.165, 1.54) is 31.8 Å². The predicted octanol–water partition coefficient (Wildman–Crippen LogP) is 4.05. The van der Waals surface area contributed by atoms with Crippen molar-refractivity contribution in [2.45, 2.75) is 26.3 Å². The molecule has 0 amide bonds. The second-order valence-corrected chi connectivity index (χ2v) is 9.16. The second-order valence-electron chi connectivity index (χ2n) is 6.94. The zero-order chi connectivity index (χ0) is 23.5. The van der Waals surface area contributed by atoms with Gasteiger partial charge in [0.2, 0.25) is 5.88 Å². The molecule has 0 aliphatic carbocycles. The van der Waals surface area contributed by atoms with Gasteiger partial charge >= 0.3 is 6.18 Å². The van der Waals surface area contributed by atoms with Crippen LogP contribution in [0.4, 0.5) is 30.4 Å². The molecule has 2 unspecified atom stereocenters. The molecule has 2 N–H and O–H groups in total. The number of hydrogen-bond donors (Lipinski definition) is 2. The molecule has 12 heteroatoms. The van der Waals surface area contributed by atoms with Crippen molar-refractivity contribution in [3.8, 4) is 5.88 Å². The first-order valence-electron chi connectivity index (χ1n) is 9.40. The van der Waals surface area contributed by atoms with E-state index in [-0.39, 0.29) is 18.2 Å². The Morgan fingerprint density at radius 3 is 2.66 bits per heavy atom. The van der Waals surface area contributed by atoms with Crippen molar-refractivity contribution in [2.75, 3.05) is 22.9 Å². The maximum atomic E-state index is 13.2. The first-order valence-corrected chi connectivity index (χ1v) is 11.5. The molecule has 2 heterocycles. The normalized spacial score (nSPS) is 14.6. The number of nitrogens with zero attached hydrogens (tertiary/aromatic N) is 3. The Morgan fingerprint density at radius 1 is 1.25 bits per heavy atom. The number of aryl methyl sites for hydroxylation is 1. The summed E-state index contributed by atoms with van der Waals surface area (Å²) >= 11 is 0. The van der Waals surface area contributed by atoms with Gasteiger partial charge in [-0.1, -0.05) is 0 Å². The van der Waals surface area contributed by atoms with Crippen molar-refractivity contribution in [3.63, 3.8) is 0 Å². The van der Waals surface area contributed by atoms with E-state index < -0.39 is 22.2 Å². The quantitative estimate of drug-likeness (QED) is 0.379. The molecule has 2 atom stereocenters. The summed E-state index contributed by atoms with van der Waals surface area (Å²) in [7, 11) is -2.49. The van der Waals surface area contributed by atoms with Crippen LogP contribution in [0.5, 0.6) is 5.88 Å². The highest BCUT2D eigenvalue weighted by atomic mass is 32.2. The molecular weight excluding hydrogens is 447 g/mol. The van der Waals surface area contributed by atoms with Gasteiger partial charge in [-0.25, -0.2) is 19.2 Å². The Hall–Kier alpha value is -3.12. The maximum Gasteiger partial charge on any atom is 0.452 e. The number of pyridine rings is 1. The molecule has 0 radical (unpaired) electrons. The minimum Gasteiger partial charge on any atom is -0.436 e. The number of hydrogen-bond acceptors (Lipinski definition) is 7. The molecule has 8 nitrogen and oxygen atoms in total. The molecule has 2 aromatic heterocycles. The van der Waals surface area contributed by atoms with Gasteiger partial charge in [0, 0.05) is 39.8 Å². The third kappa shape index (κ3) is 5.77. The second kappa shape index (κ2) is 9.17. The van der Waals surface area contributed by atoms with Crippen LogP contribution in [0, 0.1) is 6.92 Å². The lowest BCUT2D eigenvalue weighted by Crippen LogP contribution is -2.37. The molecule has 0 aliphatic heterocycles. The monoisotopic (exact) mass is 469 g/mol. The molecular formula is C20H22F3N5O3S. The molecule has 172 valence electrons. The summed E-state index contributed by atoms with van der Waals surface area (Å²) in [6.07, 6.45) is -3.12. The van der Waals surface area contributed by atoms with Gasteiger partial charge in [0.25, 0.3) is 6.29 Å². The van der Waals surface area contributed by atoms with E-state index >= 15 is 0 Å². The Labute approximate surface area is 183 Å². The van der Waals surface area contributed by atoms with E-state index in [2.05, 4.69) is 35.6 Å². The summed E-state index contributed by atoms with van der Waals surface area (Å²) in [5, 5.41) is 3.59. The van der Waals surface area contributed by atoms with E-state index in [0.717, 1.165) is 5.56 Å². The van der Waals surface area contributed by atoms with Crippen LogP contribution in [0.3, 0.4) is 0 Å². The highest BCUT2D eigenvalue weighted by molar-refractivity contribution is 8.00. The Kier molecular flexibility index (Phi) is 6.74. The van der Waals surface area contributed by atoms with Gasteiger partial charge in [0.15, 0.2) is 0 Å². The van der Waals surface area contributed by atoms with Gasteiger partial charge in [0.05, 0.1) is 5.52 Å². The molecule has 0 spiro atoms. The molecule has 3 aromatic rings. The van der Waals surface area contributed by atoms with Gasteiger partial charge < -0.3 is 19.5 Å². The molecule has 0 fully saturated rings. The number of nitrogens with one attached hydrogen (secondary N) is 2. The fourth-order valence-corrected chi connectivity index (χ4v) is 3.57. The van der Waals surface area contributed by atoms with Crippen molar-refractivity contribution in [2.24, 2.45) is 0 Å². The summed E-state index contributed by atoms with van der Waals surface area (Å²) in [6.45, 7) is 3.05. The van der Waals surface area contributed by atoms with Gasteiger partial charge in [-0.05, 0) is 49.5 Å². The van der Waals surface area contributed by atoms with Crippen molar-refractivity contribution >= 4 is 43.7 Å². The number of fused-ring (bicyclic) bond motifs is 1. The number of benzene rings is 1.